The van der Waals surface area contributed by atoms with Gasteiger partial charge in [0.15, 0.2) is 0 Å². The van der Waals surface area contributed by atoms with Crippen LogP contribution < -0.4 is 10.1 Å². The second-order valence-electron chi connectivity index (χ2n) is 5.33. The van der Waals surface area contributed by atoms with Crippen molar-refractivity contribution in [3.05, 3.63) is 59.2 Å². The van der Waals surface area contributed by atoms with E-state index >= 15 is 0 Å². The van der Waals surface area contributed by atoms with E-state index in [0.29, 0.717) is 13.2 Å². The molecule has 0 aromatic heterocycles. The molecule has 0 aliphatic rings. The number of hydrogen-bond acceptors (Lipinski definition) is 3. The molecule has 128 valence electrons. The SMILES string of the molecule is Cc1ccc(OCCNC(=O)CSc2ccc(F)cc2F)c(C)c1. The quantitative estimate of drug-likeness (QED) is 0.608. The zero-order chi connectivity index (χ0) is 17.5. The van der Waals surface area contributed by atoms with E-state index in [1.165, 1.54) is 17.7 Å². The van der Waals surface area contributed by atoms with Crippen LogP contribution in [0.25, 0.3) is 0 Å². The predicted molar refractivity (Wildman–Crippen MR) is 91.5 cm³/mol. The average Bonchev–Trinajstić information content (AvgIpc) is 2.52. The molecule has 0 radical (unpaired) electrons. The Morgan fingerprint density at radius 3 is 2.67 bits per heavy atom. The molecule has 0 atom stereocenters. The Morgan fingerprint density at radius 1 is 1.17 bits per heavy atom. The lowest BCUT2D eigenvalue weighted by Gasteiger charge is -2.10. The van der Waals surface area contributed by atoms with E-state index < -0.39 is 11.6 Å². The Balaban J connectivity index is 1.69. The summed E-state index contributed by atoms with van der Waals surface area (Å²) in [5.74, 6) is -0.673. The number of nitrogens with one attached hydrogen (secondary N) is 1. The molecule has 1 amide bonds. The summed E-state index contributed by atoms with van der Waals surface area (Å²) in [6.07, 6.45) is 0. The summed E-state index contributed by atoms with van der Waals surface area (Å²) >= 11 is 1.03. The molecule has 0 aliphatic carbocycles. The molecule has 6 heteroatoms. The fourth-order valence-electron chi connectivity index (χ4n) is 2.10. The first-order valence-electron chi connectivity index (χ1n) is 7.50. The maximum Gasteiger partial charge on any atom is 0.230 e. The summed E-state index contributed by atoms with van der Waals surface area (Å²) in [4.78, 5) is 12.0. The number of halogens is 2. The zero-order valence-electron chi connectivity index (χ0n) is 13.6. The van der Waals surface area contributed by atoms with Crippen molar-refractivity contribution in [1.82, 2.24) is 5.32 Å². The summed E-state index contributed by atoms with van der Waals surface area (Å²) in [5, 5.41) is 2.70. The number of hydrogen-bond donors (Lipinski definition) is 1. The highest BCUT2D eigenvalue weighted by Gasteiger charge is 2.08. The van der Waals surface area contributed by atoms with E-state index in [1.54, 1.807) is 0 Å². The van der Waals surface area contributed by atoms with E-state index in [1.807, 2.05) is 32.0 Å². The summed E-state index contributed by atoms with van der Waals surface area (Å²) in [5.41, 5.74) is 2.21. The number of amides is 1. The lowest BCUT2D eigenvalue weighted by Crippen LogP contribution is -2.29. The highest BCUT2D eigenvalue weighted by atomic mass is 32.2. The monoisotopic (exact) mass is 351 g/mol. The minimum Gasteiger partial charge on any atom is -0.491 e. The van der Waals surface area contributed by atoms with Crippen LogP contribution in [0.3, 0.4) is 0 Å². The molecule has 0 spiro atoms. The Kier molecular flexibility index (Phi) is 6.61. The largest absolute Gasteiger partial charge is 0.491 e. The van der Waals surface area contributed by atoms with Crippen LogP contribution in [0.4, 0.5) is 8.78 Å². The third-order valence-electron chi connectivity index (χ3n) is 3.26. The van der Waals surface area contributed by atoms with Crippen molar-refractivity contribution in [3.63, 3.8) is 0 Å². The molecule has 24 heavy (non-hydrogen) atoms. The summed E-state index contributed by atoms with van der Waals surface area (Å²) in [6.45, 7) is 4.69. The Hall–Kier alpha value is -2.08. The van der Waals surface area contributed by atoms with Crippen molar-refractivity contribution in [2.75, 3.05) is 18.9 Å². The molecular weight excluding hydrogens is 332 g/mol. The van der Waals surface area contributed by atoms with Crippen LogP contribution in [0, 0.1) is 25.5 Å². The van der Waals surface area contributed by atoms with Crippen molar-refractivity contribution in [2.24, 2.45) is 0 Å². The van der Waals surface area contributed by atoms with Gasteiger partial charge in [0.2, 0.25) is 5.91 Å². The molecule has 0 saturated heterocycles. The van der Waals surface area contributed by atoms with Crippen LogP contribution >= 0.6 is 11.8 Å². The van der Waals surface area contributed by atoms with E-state index in [0.717, 1.165) is 29.1 Å². The standard InChI is InChI=1S/C18H19F2NO2S/c1-12-3-5-16(13(2)9-12)23-8-7-21-18(22)11-24-17-6-4-14(19)10-15(17)20/h3-6,9-10H,7-8,11H2,1-2H3,(H,21,22). The maximum absolute atomic E-state index is 13.4. The highest BCUT2D eigenvalue weighted by molar-refractivity contribution is 8.00. The first-order valence-corrected chi connectivity index (χ1v) is 8.49. The fourth-order valence-corrected chi connectivity index (χ4v) is 2.85. The van der Waals surface area contributed by atoms with Crippen molar-refractivity contribution in [3.8, 4) is 5.75 Å². The van der Waals surface area contributed by atoms with Gasteiger partial charge in [0.25, 0.3) is 0 Å². The number of carbonyl (C=O) groups is 1. The van der Waals surface area contributed by atoms with Gasteiger partial charge in [0.1, 0.15) is 24.0 Å². The lowest BCUT2D eigenvalue weighted by molar-refractivity contribution is -0.118. The molecule has 3 nitrogen and oxygen atoms in total. The molecule has 2 aromatic carbocycles. The summed E-state index contributed by atoms with van der Waals surface area (Å²) in [7, 11) is 0. The maximum atomic E-state index is 13.4. The van der Waals surface area contributed by atoms with Crippen LogP contribution in [0.1, 0.15) is 11.1 Å². The van der Waals surface area contributed by atoms with Crippen molar-refractivity contribution in [1.29, 1.82) is 0 Å². The van der Waals surface area contributed by atoms with Gasteiger partial charge in [0.05, 0.1) is 12.3 Å². The molecule has 0 aliphatic heterocycles. The Labute approximate surface area is 144 Å². The molecule has 1 N–H and O–H groups in total. The molecular formula is C18H19F2NO2S. The van der Waals surface area contributed by atoms with Crippen LogP contribution in [0.2, 0.25) is 0 Å². The summed E-state index contributed by atoms with van der Waals surface area (Å²) in [6, 6.07) is 9.20. The number of carbonyl (C=O) groups excluding carboxylic acids is 1. The molecule has 0 bridgehead atoms. The Bertz CT molecular complexity index is 722. The number of ether oxygens (including phenoxy) is 1. The summed E-state index contributed by atoms with van der Waals surface area (Å²) < 4.78 is 31.9. The van der Waals surface area contributed by atoms with E-state index in [4.69, 9.17) is 4.74 Å². The van der Waals surface area contributed by atoms with Gasteiger partial charge >= 0.3 is 0 Å². The van der Waals surface area contributed by atoms with Gasteiger partial charge < -0.3 is 10.1 Å². The second kappa shape index (κ2) is 8.68. The van der Waals surface area contributed by atoms with Gasteiger partial charge in [-0.25, -0.2) is 8.78 Å². The predicted octanol–water partition coefficient (Wildman–Crippen LogP) is 3.87. The molecule has 0 saturated carbocycles. The minimum absolute atomic E-state index is 0.0616. The number of thioether (sulfide) groups is 1. The molecule has 0 fully saturated rings. The van der Waals surface area contributed by atoms with Crippen LogP contribution in [-0.2, 0) is 4.79 Å². The average molecular weight is 351 g/mol. The van der Waals surface area contributed by atoms with Crippen LogP contribution in [-0.4, -0.2) is 24.8 Å². The van der Waals surface area contributed by atoms with Crippen LogP contribution in [0.15, 0.2) is 41.3 Å². The second-order valence-corrected chi connectivity index (χ2v) is 6.35. The van der Waals surface area contributed by atoms with E-state index in [-0.39, 0.29) is 16.6 Å². The number of aryl methyl sites for hydroxylation is 2. The molecule has 2 rings (SSSR count). The van der Waals surface area contributed by atoms with Gasteiger partial charge in [-0.3, -0.25) is 4.79 Å². The topological polar surface area (TPSA) is 38.3 Å². The van der Waals surface area contributed by atoms with Crippen molar-refractivity contribution >= 4 is 17.7 Å². The van der Waals surface area contributed by atoms with Crippen molar-refractivity contribution < 1.29 is 18.3 Å². The van der Waals surface area contributed by atoms with Crippen molar-refractivity contribution in [2.45, 2.75) is 18.7 Å². The lowest BCUT2D eigenvalue weighted by atomic mass is 10.1. The third-order valence-corrected chi connectivity index (χ3v) is 4.31. The van der Waals surface area contributed by atoms with Gasteiger partial charge in [-0.1, -0.05) is 17.7 Å². The van der Waals surface area contributed by atoms with Gasteiger partial charge in [-0.2, -0.15) is 0 Å². The van der Waals surface area contributed by atoms with E-state index in [9.17, 15) is 13.6 Å². The first-order chi connectivity index (χ1) is 11.5. The molecule has 2 aromatic rings. The molecule has 0 unspecified atom stereocenters. The smallest absolute Gasteiger partial charge is 0.230 e. The Morgan fingerprint density at radius 2 is 1.96 bits per heavy atom. The fraction of sp³-hybridized carbons (Fsp3) is 0.278. The van der Waals surface area contributed by atoms with Gasteiger partial charge in [0, 0.05) is 11.0 Å². The van der Waals surface area contributed by atoms with Crippen LogP contribution in [0.5, 0.6) is 5.75 Å². The zero-order valence-corrected chi connectivity index (χ0v) is 14.4. The minimum atomic E-state index is -0.661. The first kappa shape index (κ1) is 18.3. The number of rotatable bonds is 7. The van der Waals surface area contributed by atoms with Gasteiger partial charge in [-0.05, 0) is 37.6 Å². The third kappa shape index (κ3) is 5.53. The number of benzene rings is 2. The normalized spacial score (nSPS) is 10.5. The highest BCUT2D eigenvalue weighted by Crippen LogP contribution is 2.22. The molecule has 0 heterocycles. The van der Waals surface area contributed by atoms with E-state index in [2.05, 4.69) is 5.32 Å². The van der Waals surface area contributed by atoms with Gasteiger partial charge in [-0.15, -0.1) is 11.8 Å².